The van der Waals surface area contributed by atoms with Crippen LogP contribution in [0.15, 0.2) is 77.7 Å². The van der Waals surface area contributed by atoms with Crippen molar-refractivity contribution in [1.29, 1.82) is 0 Å². The van der Waals surface area contributed by atoms with Gasteiger partial charge in [-0.05, 0) is 75.2 Å². The zero-order chi connectivity index (χ0) is 26.3. The molecule has 2 heterocycles. The summed E-state index contributed by atoms with van der Waals surface area (Å²) in [6, 6.07) is 22.0. The number of carbonyl (C=O) groups is 1. The molecule has 2 aromatic heterocycles. The fourth-order valence-corrected chi connectivity index (χ4v) is 6.67. The molecule has 0 fully saturated rings. The molecule has 0 unspecified atom stereocenters. The van der Waals surface area contributed by atoms with Gasteiger partial charge in [-0.15, -0.1) is 11.3 Å². The van der Waals surface area contributed by atoms with Crippen molar-refractivity contribution in [2.24, 2.45) is 0 Å². The van der Waals surface area contributed by atoms with Gasteiger partial charge in [0, 0.05) is 11.1 Å². The predicted octanol–water partition coefficient (Wildman–Crippen LogP) is 6.37. The topological polar surface area (TPSA) is 93.1 Å². The lowest BCUT2D eigenvalue weighted by Crippen LogP contribution is -2.16. The number of carbonyl (C=O) groups excluding carboxylic acids is 1. The number of hydrogen-bond acceptors (Lipinski definition) is 5. The van der Waals surface area contributed by atoms with Crippen LogP contribution in [0.2, 0.25) is 0 Å². The number of para-hydroxylation sites is 1. The predicted molar refractivity (Wildman–Crippen MR) is 150 cm³/mol. The van der Waals surface area contributed by atoms with Gasteiger partial charge in [-0.3, -0.25) is 9.52 Å². The third-order valence-electron chi connectivity index (χ3n) is 6.13. The van der Waals surface area contributed by atoms with Crippen molar-refractivity contribution in [2.45, 2.75) is 32.6 Å². The Morgan fingerprint density at radius 2 is 1.65 bits per heavy atom. The highest BCUT2D eigenvalue weighted by atomic mass is 32.2. The first kappa shape index (κ1) is 24.7. The van der Waals surface area contributed by atoms with Gasteiger partial charge >= 0.3 is 0 Å². The number of fused-ring (bicyclic) bond motifs is 1. The molecule has 37 heavy (non-hydrogen) atoms. The van der Waals surface area contributed by atoms with Crippen molar-refractivity contribution in [3.05, 3.63) is 100 Å². The molecule has 0 spiro atoms. The van der Waals surface area contributed by atoms with Crippen LogP contribution in [0.25, 0.3) is 15.9 Å². The Balaban J connectivity index is 1.42. The van der Waals surface area contributed by atoms with Crippen molar-refractivity contribution < 1.29 is 13.2 Å². The summed E-state index contributed by atoms with van der Waals surface area (Å²) in [6.07, 6.45) is 0. The van der Waals surface area contributed by atoms with E-state index in [-0.39, 0.29) is 10.8 Å². The van der Waals surface area contributed by atoms with Crippen molar-refractivity contribution in [3.8, 4) is 5.69 Å². The molecule has 7 nitrogen and oxygen atoms in total. The van der Waals surface area contributed by atoms with E-state index in [2.05, 4.69) is 15.1 Å². The summed E-state index contributed by atoms with van der Waals surface area (Å²) in [5.74, 6) is -0.310. The van der Waals surface area contributed by atoms with Crippen LogP contribution in [0.1, 0.15) is 32.1 Å². The summed E-state index contributed by atoms with van der Waals surface area (Å²) in [5.41, 5.74) is 5.13. The van der Waals surface area contributed by atoms with Crippen molar-refractivity contribution in [1.82, 2.24) is 9.78 Å². The smallest absolute Gasteiger partial charge is 0.265 e. The number of amides is 1. The summed E-state index contributed by atoms with van der Waals surface area (Å²) in [5, 5.41) is 8.39. The molecule has 2 N–H and O–H groups in total. The monoisotopic (exact) mass is 530 g/mol. The maximum Gasteiger partial charge on any atom is 0.265 e. The number of nitrogens with one attached hydrogen (secondary N) is 2. The number of rotatable bonds is 6. The lowest BCUT2D eigenvalue weighted by molar-refractivity contribution is 0.103. The summed E-state index contributed by atoms with van der Waals surface area (Å²) in [7, 11) is -3.87. The molecule has 3 aromatic carbocycles. The minimum atomic E-state index is -3.87. The summed E-state index contributed by atoms with van der Waals surface area (Å²) >= 11 is 1.34. The highest BCUT2D eigenvalue weighted by Gasteiger charge is 2.21. The molecule has 5 rings (SSSR count). The summed E-state index contributed by atoms with van der Waals surface area (Å²) in [6.45, 7) is 7.46. The largest absolute Gasteiger partial charge is 0.321 e. The molecule has 0 bridgehead atoms. The van der Waals surface area contributed by atoms with Crippen LogP contribution in [-0.2, 0) is 10.0 Å². The van der Waals surface area contributed by atoms with E-state index < -0.39 is 10.0 Å². The van der Waals surface area contributed by atoms with Crippen LogP contribution in [0.5, 0.6) is 0 Å². The van der Waals surface area contributed by atoms with Gasteiger partial charge in [0.2, 0.25) is 0 Å². The Kier molecular flexibility index (Phi) is 6.35. The van der Waals surface area contributed by atoms with Gasteiger partial charge < -0.3 is 5.32 Å². The number of sulfonamides is 1. The maximum atomic E-state index is 13.2. The van der Waals surface area contributed by atoms with Crippen LogP contribution in [-0.4, -0.2) is 24.1 Å². The SMILES string of the molecule is Cc1ccc(NS(=O)(=O)c2cc(NC(=O)c3cc4c(C)nn(-c5ccccc5)c4s3)ccc2C)c(C)c1. The number of benzene rings is 3. The first-order valence-corrected chi connectivity index (χ1v) is 14.0. The van der Waals surface area contributed by atoms with E-state index in [1.54, 1.807) is 25.1 Å². The van der Waals surface area contributed by atoms with Gasteiger partial charge in [0.05, 0.1) is 26.8 Å². The van der Waals surface area contributed by atoms with Crippen LogP contribution < -0.4 is 10.0 Å². The van der Waals surface area contributed by atoms with Crippen LogP contribution in [0, 0.1) is 27.7 Å². The average Bonchev–Trinajstić information content (AvgIpc) is 3.43. The number of aryl methyl sites for hydroxylation is 4. The Labute approximate surface area is 219 Å². The molecule has 188 valence electrons. The van der Waals surface area contributed by atoms with E-state index in [0.717, 1.165) is 32.7 Å². The molecule has 0 aliphatic carbocycles. The second-order valence-electron chi connectivity index (χ2n) is 9.02. The molecule has 5 aromatic rings. The van der Waals surface area contributed by atoms with E-state index in [1.165, 1.54) is 17.4 Å². The van der Waals surface area contributed by atoms with E-state index >= 15 is 0 Å². The fourth-order valence-electron chi connectivity index (χ4n) is 4.19. The Morgan fingerprint density at radius 1 is 0.892 bits per heavy atom. The van der Waals surface area contributed by atoms with Crippen molar-refractivity contribution >= 4 is 48.9 Å². The number of hydrogen-bond donors (Lipinski definition) is 2. The Bertz CT molecular complexity index is 1750. The molecule has 0 radical (unpaired) electrons. The fraction of sp³-hybridized carbons (Fsp3) is 0.143. The molecule has 0 aliphatic heterocycles. The van der Waals surface area contributed by atoms with Crippen LogP contribution in [0.4, 0.5) is 11.4 Å². The van der Waals surface area contributed by atoms with Gasteiger partial charge in [-0.25, -0.2) is 13.1 Å². The maximum absolute atomic E-state index is 13.2. The highest BCUT2D eigenvalue weighted by Crippen LogP contribution is 2.31. The first-order valence-electron chi connectivity index (χ1n) is 11.7. The molecule has 0 aliphatic rings. The van der Waals surface area contributed by atoms with Gasteiger partial charge in [-0.2, -0.15) is 5.10 Å². The molecule has 9 heteroatoms. The van der Waals surface area contributed by atoms with E-state index in [4.69, 9.17) is 0 Å². The molecule has 0 atom stereocenters. The van der Waals surface area contributed by atoms with Gasteiger partial charge in [0.25, 0.3) is 15.9 Å². The third-order valence-corrected chi connectivity index (χ3v) is 8.75. The first-order chi connectivity index (χ1) is 17.6. The zero-order valence-corrected chi connectivity index (χ0v) is 22.5. The van der Waals surface area contributed by atoms with Crippen LogP contribution >= 0.6 is 11.3 Å². The molecule has 0 saturated carbocycles. The second kappa shape index (κ2) is 9.49. The number of anilines is 2. The molecular formula is C28H26N4O3S2. The Hall–Kier alpha value is -3.95. The minimum absolute atomic E-state index is 0.108. The van der Waals surface area contributed by atoms with E-state index in [9.17, 15) is 13.2 Å². The zero-order valence-electron chi connectivity index (χ0n) is 20.9. The van der Waals surface area contributed by atoms with Crippen molar-refractivity contribution in [2.75, 3.05) is 10.0 Å². The second-order valence-corrected chi connectivity index (χ2v) is 11.7. The van der Waals surface area contributed by atoms with Gasteiger partial charge in [0.1, 0.15) is 4.83 Å². The van der Waals surface area contributed by atoms with Gasteiger partial charge in [-0.1, -0.05) is 42.0 Å². The van der Waals surface area contributed by atoms with Crippen LogP contribution in [0.3, 0.4) is 0 Å². The van der Waals surface area contributed by atoms with E-state index in [0.29, 0.717) is 21.8 Å². The minimum Gasteiger partial charge on any atom is -0.321 e. The summed E-state index contributed by atoms with van der Waals surface area (Å²) < 4.78 is 31.0. The third kappa shape index (κ3) is 4.87. The number of thiophene rings is 1. The Morgan fingerprint density at radius 3 is 2.38 bits per heavy atom. The lowest BCUT2D eigenvalue weighted by Gasteiger charge is -2.14. The van der Waals surface area contributed by atoms with E-state index in [1.807, 2.05) is 74.0 Å². The standard InChI is InChI=1S/C28H26N4O3S2/c1-17-10-13-24(19(3)14-17)31-37(34,35)26-15-21(12-11-18(26)2)29-27(33)25-16-23-20(4)30-32(28(23)36-25)22-8-6-5-7-9-22/h5-16,31H,1-4H3,(H,29,33). The summed E-state index contributed by atoms with van der Waals surface area (Å²) in [4.78, 5) is 14.7. The average molecular weight is 531 g/mol. The number of nitrogens with zero attached hydrogens (tertiary/aromatic N) is 2. The van der Waals surface area contributed by atoms with Crippen molar-refractivity contribution in [3.63, 3.8) is 0 Å². The highest BCUT2D eigenvalue weighted by molar-refractivity contribution is 7.92. The molecule has 0 saturated heterocycles. The molecular weight excluding hydrogens is 504 g/mol. The lowest BCUT2D eigenvalue weighted by atomic mass is 10.1. The quantitative estimate of drug-likeness (QED) is 0.267. The normalized spacial score (nSPS) is 11.6. The van der Waals surface area contributed by atoms with Gasteiger partial charge in [0.15, 0.2) is 0 Å². The number of aromatic nitrogens is 2. The molecule has 1 amide bonds.